The Morgan fingerprint density at radius 2 is 2.06 bits per heavy atom. The van der Waals surface area contributed by atoms with Gasteiger partial charge in [-0.2, -0.15) is 0 Å². The average Bonchev–Trinajstić information content (AvgIpc) is 2.34. The second-order valence-electron chi connectivity index (χ2n) is 4.23. The lowest BCUT2D eigenvalue weighted by Gasteiger charge is -2.17. The van der Waals surface area contributed by atoms with Crippen LogP contribution in [-0.4, -0.2) is 41.3 Å². The van der Waals surface area contributed by atoms with Crippen LogP contribution in [0, 0.1) is 0 Å². The molecule has 0 fully saturated rings. The van der Waals surface area contributed by atoms with Crippen LogP contribution in [-0.2, 0) is 6.54 Å². The molecule has 0 aliphatic heterocycles. The van der Waals surface area contributed by atoms with E-state index in [1.165, 1.54) is 0 Å². The van der Waals surface area contributed by atoms with E-state index in [0.717, 1.165) is 31.6 Å². The van der Waals surface area contributed by atoms with Crippen molar-refractivity contribution in [1.29, 1.82) is 0 Å². The van der Waals surface area contributed by atoms with Crippen LogP contribution in [0.4, 0.5) is 5.95 Å². The highest BCUT2D eigenvalue weighted by atomic mass is 16.3. The van der Waals surface area contributed by atoms with Gasteiger partial charge in [0.05, 0.1) is 6.10 Å². The van der Waals surface area contributed by atoms with Gasteiger partial charge in [0, 0.05) is 38.1 Å². The van der Waals surface area contributed by atoms with E-state index in [1.54, 1.807) is 6.92 Å². The maximum absolute atomic E-state index is 9.21. The predicted octanol–water partition coefficient (Wildman–Crippen LogP) is 0.793. The van der Waals surface area contributed by atoms with Gasteiger partial charge in [-0.25, -0.2) is 9.97 Å². The first-order valence-electron chi connectivity index (χ1n) is 6.04. The van der Waals surface area contributed by atoms with Crippen LogP contribution < -0.4 is 10.2 Å². The molecular weight excluding hydrogens is 216 g/mol. The topological polar surface area (TPSA) is 61.3 Å². The fourth-order valence-corrected chi connectivity index (χ4v) is 1.39. The van der Waals surface area contributed by atoms with Crippen molar-refractivity contribution in [3.63, 3.8) is 0 Å². The van der Waals surface area contributed by atoms with Gasteiger partial charge in [-0.15, -0.1) is 0 Å². The number of nitrogens with one attached hydrogen (secondary N) is 1. The van der Waals surface area contributed by atoms with Gasteiger partial charge in [-0.3, -0.25) is 0 Å². The zero-order valence-electron chi connectivity index (χ0n) is 10.8. The van der Waals surface area contributed by atoms with Crippen LogP contribution in [0.3, 0.4) is 0 Å². The van der Waals surface area contributed by atoms with Crippen molar-refractivity contribution in [2.75, 3.05) is 25.0 Å². The molecule has 1 aromatic heterocycles. The Bertz CT molecular complexity index is 313. The third-order valence-corrected chi connectivity index (χ3v) is 2.49. The van der Waals surface area contributed by atoms with Crippen LogP contribution in [0.1, 0.15) is 25.8 Å². The molecule has 1 aromatic rings. The fourth-order valence-electron chi connectivity index (χ4n) is 1.39. The van der Waals surface area contributed by atoms with E-state index in [0.29, 0.717) is 5.95 Å². The van der Waals surface area contributed by atoms with Gasteiger partial charge in [0.2, 0.25) is 5.95 Å². The molecular formula is C12H22N4O. The number of hydrogen-bond acceptors (Lipinski definition) is 5. The van der Waals surface area contributed by atoms with Crippen molar-refractivity contribution in [2.45, 2.75) is 32.9 Å². The molecule has 0 spiro atoms. The third kappa shape index (κ3) is 5.10. The lowest BCUT2D eigenvalue weighted by Crippen LogP contribution is -2.24. The first-order chi connectivity index (χ1) is 8.13. The molecule has 0 aromatic carbocycles. The Morgan fingerprint density at radius 1 is 1.41 bits per heavy atom. The summed E-state index contributed by atoms with van der Waals surface area (Å²) in [5.41, 5.74) is 1.08. The number of rotatable bonds is 7. The average molecular weight is 238 g/mol. The molecule has 96 valence electrons. The molecule has 1 rings (SSSR count). The molecule has 1 heterocycles. The van der Waals surface area contributed by atoms with Crippen molar-refractivity contribution in [2.24, 2.45) is 0 Å². The van der Waals surface area contributed by atoms with Gasteiger partial charge in [-0.1, -0.05) is 6.92 Å². The second kappa shape index (κ2) is 7.19. The quantitative estimate of drug-likeness (QED) is 0.735. The molecule has 0 aliphatic carbocycles. The molecule has 5 nitrogen and oxygen atoms in total. The van der Waals surface area contributed by atoms with Gasteiger partial charge in [0.15, 0.2) is 0 Å². The molecule has 17 heavy (non-hydrogen) atoms. The Labute approximate surface area is 103 Å². The summed E-state index contributed by atoms with van der Waals surface area (Å²) in [5.74, 6) is 0.700. The van der Waals surface area contributed by atoms with E-state index in [2.05, 4.69) is 22.2 Å². The van der Waals surface area contributed by atoms with Crippen LogP contribution in [0.2, 0.25) is 0 Å². The molecule has 0 saturated carbocycles. The molecule has 0 saturated heterocycles. The molecule has 2 N–H and O–H groups in total. The molecule has 5 heteroatoms. The lowest BCUT2D eigenvalue weighted by molar-refractivity contribution is 0.186. The van der Waals surface area contributed by atoms with Crippen molar-refractivity contribution in [3.05, 3.63) is 18.0 Å². The first kappa shape index (κ1) is 13.9. The van der Waals surface area contributed by atoms with E-state index < -0.39 is 0 Å². The van der Waals surface area contributed by atoms with Gasteiger partial charge < -0.3 is 15.3 Å². The number of anilines is 1. The maximum atomic E-state index is 9.21. The Hall–Kier alpha value is -1.20. The number of aliphatic hydroxyl groups excluding tert-OH is 1. The molecule has 1 atom stereocenters. The highest BCUT2D eigenvalue weighted by Crippen LogP contribution is 2.06. The Morgan fingerprint density at radius 3 is 2.59 bits per heavy atom. The zero-order chi connectivity index (χ0) is 12.7. The molecule has 0 radical (unpaired) electrons. The summed E-state index contributed by atoms with van der Waals surface area (Å²) in [7, 11) is 1.93. The third-order valence-electron chi connectivity index (χ3n) is 2.49. The zero-order valence-corrected chi connectivity index (χ0v) is 10.8. The van der Waals surface area contributed by atoms with Crippen LogP contribution in [0.25, 0.3) is 0 Å². The van der Waals surface area contributed by atoms with Crippen molar-refractivity contribution < 1.29 is 5.11 Å². The summed E-state index contributed by atoms with van der Waals surface area (Å²) in [6.07, 6.45) is 4.11. The minimum Gasteiger partial charge on any atom is -0.393 e. The van der Waals surface area contributed by atoms with Crippen molar-refractivity contribution in [3.8, 4) is 0 Å². The van der Waals surface area contributed by atoms with Crippen molar-refractivity contribution in [1.82, 2.24) is 15.3 Å². The Kier molecular flexibility index (Phi) is 5.86. The minimum absolute atomic E-state index is 0.287. The summed E-state index contributed by atoms with van der Waals surface area (Å²) in [4.78, 5) is 10.6. The summed E-state index contributed by atoms with van der Waals surface area (Å²) in [5, 5.41) is 12.4. The predicted molar refractivity (Wildman–Crippen MR) is 69.0 cm³/mol. The molecule has 0 aliphatic rings. The second-order valence-corrected chi connectivity index (χ2v) is 4.23. The van der Waals surface area contributed by atoms with E-state index in [9.17, 15) is 5.11 Å². The monoisotopic (exact) mass is 238 g/mol. The molecule has 0 bridgehead atoms. The van der Waals surface area contributed by atoms with Gasteiger partial charge >= 0.3 is 0 Å². The summed E-state index contributed by atoms with van der Waals surface area (Å²) >= 11 is 0. The van der Waals surface area contributed by atoms with Gasteiger partial charge in [0.1, 0.15) is 0 Å². The minimum atomic E-state index is -0.287. The fraction of sp³-hybridized carbons (Fsp3) is 0.667. The summed E-state index contributed by atoms with van der Waals surface area (Å²) in [6.45, 7) is 6.35. The maximum Gasteiger partial charge on any atom is 0.224 e. The highest BCUT2D eigenvalue weighted by Gasteiger charge is 2.05. The summed E-state index contributed by atoms with van der Waals surface area (Å²) < 4.78 is 0. The smallest absolute Gasteiger partial charge is 0.224 e. The highest BCUT2D eigenvalue weighted by molar-refractivity contribution is 5.28. The van der Waals surface area contributed by atoms with Crippen molar-refractivity contribution >= 4 is 5.95 Å². The molecule has 1 unspecified atom stereocenters. The number of hydrogen-bond donors (Lipinski definition) is 2. The van der Waals surface area contributed by atoms with Crippen LogP contribution >= 0.6 is 0 Å². The van der Waals surface area contributed by atoms with E-state index in [1.807, 2.05) is 24.3 Å². The SMILES string of the molecule is CCNCc1cnc(N(C)CCC(C)O)nc1. The first-order valence-corrected chi connectivity index (χ1v) is 6.04. The number of aromatic nitrogens is 2. The Balaban J connectivity index is 2.48. The lowest BCUT2D eigenvalue weighted by atomic mass is 10.3. The normalized spacial score (nSPS) is 12.5. The van der Waals surface area contributed by atoms with E-state index >= 15 is 0 Å². The van der Waals surface area contributed by atoms with Gasteiger partial charge in [0.25, 0.3) is 0 Å². The van der Waals surface area contributed by atoms with E-state index in [4.69, 9.17) is 0 Å². The number of aliphatic hydroxyl groups is 1. The largest absolute Gasteiger partial charge is 0.393 e. The van der Waals surface area contributed by atoms with Crippen LogP contribution in [0.15, 0.2) is 12.4 Å². The van der Waals surface area contributed by atoms with Crippen LogP contribution in [0.5, 0.6) is 0 Å². The van der Waals surface area contributed by atoms with Gasteiger partial charge in [-0.05, 0) is 19.9 Å². The summed E-state index contributed by atoms with van der Waals surface area (Å²) in [6, 6.07) is 0. The van der Waals surface area contributed by atoms with E-state index in [-0.39, 0.29) is 6.10 Å². The number of nitrogens with zero attached hydrogens (tertiary/aromatic N) is 3. The standard InChI is InChI=1S/C12H22N4O/c1-4-13-7-11-8-14-12(15-9-11)16(3)6-5-10(2)17/h8-10,13,17H,4-7H2,1-3H3. The molecule has 0 amide bonds.